The maximum absolute atomic E-state index is 13.5. The summed E-state index contributed by atoms with van der Waals surface area (Å²) in [6.07, 6.45) is 3.38. The van der Waals surface area contributed by atoms with Gasteiger partial charge in [0.15, 0.2) is 0 Å². The van der Waals surface area contributed by atoms with Crippen LogP contribution in [0.2, 0.25) is 0 Å². The number of likely N-dealkylation sites (tertiary alicyclic amines) is 1. The number of carbonyl (C=O) groups excluding carboxylic acids is 2. The number of amides is 2. The Morgan fingerprint density at radius 1 is 1.14 bits per heavy atom. The van der Waals surface area contributed by atoms with E-state index < -0.39 is 0 Å². The molecular weight excluding hydrogens is 283 g/mol. The Labute approximate surface area is 129 Å². The van der Waals surface area contributed by atoms with Gasteiger partial charge >= 0.3 is 0 Å². The minimum atomic E-state index is -0.317. The lowest BCUT2D eigenvalue weighted by atomic mass is 9.95. The van der Waals surface area contributed by atoms with Gasteiger partial charge in [0, 0.05) is 30.6 Å². The van der Waals surface area contributed by atoms with Gasteiger partial charge in [0.2, 0.25) is 11.8 Å². The highest BCUT2D eigenvalue weighted by Gasteiger charge is 2.35. The van der Waals surface area contributed by atoms with Crippen LogP contribution in [0.25, 0.3) is 0 Å². The zero-order valence-corrected chi connectivity index (χ0v) is 12.8. The van der Waals surface area contributed by atoms with Crippen molar-refractivity contribution in [3.05, 3.63) is 29.6 Å². The minimum Gasteiger partial charge on any atom is -0.342 e. The van der Waals surface area contributed by atoms with E-state index in [1.807, 2.05) is 4.90 Å². The van der Waals surface area contributed by atoms with Crippen molar-refractivity contribution in [3.63, 3.8) is 0 Å². The Balaban J connectivity index is 1.53. The Hall–Kier alpha value is -1.91. The molecule has 0 atom stereocenters. The van der Waals surface area contributed by atoms with Crippen LogP contribution >= 0.6 is 0 Å². The van der Waals surface area contributed by atoms with E-state index in [1.54, 1.807) is 19.1 Å². The maximum Gasteiger partial charge on any atom is 0.227 e. The highest BCUT2D eigenvalue weighted by atomic mass is 19.1. The molecule has 1 N–H and O–H groups in total. The van der Waals surface area contributed by atoms with Crippen LogP contribution in [-0.2, 0) is 9.59 Å². The van der Waals surface area contributed by atoms with Crippen molar-refractivity contribution in [2.45, 2.75) is 32.6 Å². The number of hydrogen-bond donors (Lipinski definition) is 1. The summed E-state index contributed by atoms with van der Waals surface area (Å²) in [5.41, 5.74) is 1.05. The van der Waals surface area contributed by atoms with Gasteiger partial charge in [0.25, 0.3) is 0 Å². The zero-order chi connectivity index (χ0) is 15.7. The molecule has 2 fully saturated rings. The number of rotatable bonds is 3. The van der Waals surface area contributed by atoms with Crippen LogP contribution in [0.3, 0.4) is 0 Å². The summed E-state index contributed by atoms with van der Waals surface area (Å²) >= 11 is 0. The van der Waals surface area contributed by atoms with Crippen LogP contribution in [0.4, 0.5) is 10.1 Å². The fourth-order valence-electron chi connectivity index (χ4n) is 2.87. The van der Waals surface area contributed by atoms with E-state index >= 15 is 0 Å². The molecule has 22 heavy (non-hydrogen) atoms. The highest BCUT2D eigenvalue weighted by molar-refractivity contribution is 5.92. The molecule has 2 aliphatic rings. The van der Waals surface area contributed by atoms with E-state index in [9.17, 15) is 14.0 Å². The number of hydrogen-bond acceptors (Lipinski definition) is 2. The summed E-state index contributed by atoms with van der Waals surface area (Å²) in [4.78, 5) is 26.1. The van der Waals surface area contributed by atoms with Gasteiger partial charge in [-0.25, -0.2) is 4.39 Å². The number of nitrogens with one attached hydrogen (secondary N) is 1. The lowest BCUT2D eigenvalue weighted by Crippen LogP contribution is -2.42. The van der Waals surface area contributed by atoms with Crippen molar-refractivity contribution in [1.82, 2.24) is 4.90 Å². The first-order valence-electron chi connectivity index (χ1n) is 7.90. The number of aryl methyl sites for hydroxylation is 1. The monoisotopic (exact) mass is 304 g/mol. The van der Waals surface area contributed by atoms with E-state index in [0.29, 0.717) is 37.2 Å². The molecule has 2 amide bonds. The second kappa shape index (κ2) is 6.07. The second-order valence-corrected chi connectivity index (χ2v) is 6.33. The Morgan fingerprint density at radius 2 is 1.82 bits per heavy atom. The number of halogens is 1. The van der Waals surface area contributed by atoms with Crippen LogP contribution < -0.4 is 5.32 Å². The summed E-state index contributed by atoms with van der Waals surface area (Å²) < 4.78 is 13.5. The number of carbonyl (C=O) groups is 2. The van der Waals surface area contributed by atoms with Crippen LogP contribution in [0.15, 0.2) is 18.2 Å². The van der Waals surface area contributed by atoms with Gasteiger partial charge in [-0.2, -0.15) is 0 Å². The van der Waals surface area contributed by atoms with E-state index in [-0.39, 0.29) is 29.5 Å². The zero-order valence-electron chi connectivity index (χ0n) is 12.8. The van der Waals surface area contributed by atoms with Crippen molar-refractivity contribution in [1.29, 1.82) is 0 Å². The van der Waals surface area contributed by atoms with Crippen molar-refractivity contribution in [2.24, 2.45) is 11.8 Å². The SMILES string of the molecule is Cc1ccc(NC(=O)C2CCN(C(=O)C3CC3)CC2)cc1F. The fraction of sp³-hybridized carbons (Fsp3) is 0.529. The first kappa shape index (κ1) is 15.0. The molecule has 5 heteroatoms. The highest BCUT2D eigenvalue weighted by Crippen LogP contribution is 2.32. The Morgan fingerprint density at radius 3 is 2.41 bits per heavy atom. The quantitative estimate of drug-likeness (QED) is 0.933. The van der Waals surface area contributed by atoms with Crippen LogP contribution in [-0.4, -0.2) is 29.8 Å². The van der Waals surface area contributed by atoms with Gasteiger partial charge < -0.3 is 10.2 Å². The molecule has 0 radical (unpaired) electrons. The van der Waals surface area contributed by atoms with Gasteiger partial charge in [-0.15, -0.1) is 0 Å². The molecule has 1 aromatic carbocycles. The average molecular weight is 304 g/mol. The van der Waals surface area contributed by atoms with Gasteiger partial charge in [-0.05, 0) is 50.3 Å². The first-order chi connectivity index (χ1) is 10.5. The number of benzene rings is 1. The van der Waals surface area contributed by atoms with Crippen molar-refractivity contribution in [3.8, 4) is 0 Å². The van der Waals surface area contributed by atoms with Crippen LogP contribution in [0.5, 0.6) is 0 Å². The normalized spacial score (nSPS) is 19.1. The summed E-state index contributed by atoms with van der Waals surface area (Å²) in [7, 11) is 0. The third-order valence-electron chi connectivity index (χ3n) is 4.54. The van der Waals surface area contributed by atoms with Crippen LogP contribution in [0, 0.1) is 24.6 Å². The predicted octanol–water partition coefficient (Wildman–Crippen LogP) is 2.72. The molecule has 0 aromatic heterocycles. The maximum atomic E-state index is 13.5. The number of anilines is 1. The third kappa shape index (κ3) is 3.29. The third-order valence-corrected chi connectivity index (χ3v) is 4.54. The standard InChI is InChI=1S/C17H21FN2O2/c1-11-2-5-14(10-15(11)18)19-16(21)12-6-8-20(9-7-12)17(22)13-3-4-13/h2,5,10,12-13H,3-4,6-9H2,1H3,(H,19,21). The van der Waals surface area contributed by atoms with Crippen molar-refractivity contribution >= 4 is 17.5 Å². The van der Waals surface area contributed by atoms with Crippen molar-refractivity contribution < 1.29 is 14.0 Å². The summed E-state index contributed by atoms with van der Waals surface area (Å²) in [5.74, 6) is -0.0163. The molecular formula is C17H21FN2O2. The summed E-state index contributed by atoms with van der Waals surface area (Å²) in [6, 6.07) is 4.71. The largest absolute Gasteiger partial charge is 0.342 e. The molecule has 1 saturated heterocycles. The second-order valence-electron chi connectivity index (χ2n) is 6.33. The van der Waals surface area contributed by atoms with Gasteiger partial charge in [0.05, 0.1) is 0 Å². The van der Waals surface area contributed by atoms with E-state index in [4.69, 9.17) is 0 Å². The lowest BCUT2D eigenvalue weighted by Gasteiger charge is -2.31. The molecule has 3 rings (SSSR count). The molecule has 1 aliphatic carbocycles. The molecule has 0 unspecified atom stereocenters. The summed E-state index contributed by atoms with van der Waals surface area (Å²) in [5, 5.41) is 2.78. The Kier molecular flexibility index (Phi) is 4.14. The van der Waals surface area contributed by atoms with E-state index in [2.05, 4.69) is 5.32 Å². The Bertz CT molecular complexity index is 590. The molecule has 4 nitrogen and oxygen atoms in total. The topological polar surface area (TPSA) is 49.4 Å². The van der Waals surface area contributed by atoms with Crippen molar-refractivity contribution in [2.75, 3.05) is 18.4 Å². The molecule has 118 valence electrons. The lowest BCUT2D eigenvalue weighted by molar-refractivity contribution is -0.135. The molecule has 1 heterocycles. The van der Waals surface area contributed by atoms with E-state index in [0.717, 1.165) is 12.8 Å². The van der Waals surface area contributed by atoms with Crippen LogP contribution in [0.1, 0.15) is 31.2 Å². The summed E-state index contributed by atoms with van der Waals surface area (Å²) in [6.45, 7) is 2.99. The molecule has 1 aromatic rings. The average Bonchev–Trinajstić information content (AvgIpc) is 3.35. The number of nitrogens with zero attached hydrogens (tertiary/aromatic N) is 1. The minimum absolute atomic E-state index is 0.0817. The number of piperidine rings is 1. The smallest absolute Gasteiger partial charge is 0.227 e. The molecule has 1 aliphatic heterocycles. The first-order valence-corrected chi connectivity index (χ1v) is 7.90. The molecule has 0 bridgehead atoms. The van der Waals surface area contributed by atoms with Gasteiger partial charge in [0.1, 0.15) is 5.82 Å². The predicted molar refractivity (Wildman–Crippen MR) is 81.8 cm³/mol. The van der Waals surface area contributed by atoms with Gasteiger partial charge in [-0.1, -0.05) is 6.07 Å². The molecule has 0 spiro atoms. The molecule has 1 saturated carbocycles. The van der Waals surface area contributed by atoms with E-state index in [1.165, 1.54) is 6.07 Å². The fourth-order valence-corrected chi connectivity index (χ4v) is 2.87. The van der Waals surface area contributed by atoms with Gasteiger partial charge in [-0.3, -0.25) is 9.59 Å².